The van der Waals surface area contributed by atoms with Crippen LogP contribution in [0.3, 0.4) is 0 Å². The first-order chi connectivity index (χ1) is 13.5. The summed E-state index contributed by atoms with van der Waals surface area (Å²) in [4.78, 5) is 24.4. The van der Waals surface area contributed by atoms with Crippen molar-refractivity contribution in [2.45, 2.75) is 69.5 Å². The lowest BCUT2D eigenvalue weighted by Crippen LogP contribution is -2.69. The molecule has 1 aliphatic rings. The van der Waals surface area contributed by atoms with Crippen LogP contribution in [0.15, 0.2) is 17.4 Å². The van der Waals surface area contributed by atoms with Crippen molar-refractivity contribution >= 4 is 17.6 Å². The van der Waals surface area contributed by atoms with E-state index in [9.17, 15) is 35.2 Å². The minimum Gasteiger partial charge on any atom is -0.387 e. The highest BCUT2D eigenvalue weighted by Gasteiger charge is 2.55. The van der Waals surface area contributed by atoms with E-state index in [0.29, 0.717) is 23.4 Å². The summed E-state index contributed by atoms with van der Waals surface area (Å²) in [6.07, 6.45) is -8.15. The molecule has 168 valence electrons. The zero-order chi connectivity index (χ0) is 22.4. The summed E-state index contributed by atoms with van der Waals surface area (Å²) >= 11 is 5.55. The van der Waals surface area contributed by atoms with Crippen LogP contribution in [0.5, 0.6) is 0 Å². The van der Waals surface area contributed by atoms with Crippen molar-refractivity contribution < 1.29 is 35.1 Å². The third-order valence-corrected chi connectivity index (χ3v) is 4.78. The predicted molar refractivity (Wildman–Crippen MR) is 104 cm³/mol. The molecule has 5 N–H and O–H groups in total. The number of alkyl halides is 1. The lowest BCUT2D eigenvalue weighted by atomic mass is 9.88. The first-order valence-electron chi connectivity index (χ1n) is 9.28. The van der Waals surface area contributed by atoms with Crippen LogP contribution in [-0.2, 0) is 4.74 Å². The summed E-state index contributed by atoms with van der Waals surface area (Å²) in [7, 11) is 0. The van der Waals surface area contributed by atoms with Crippen molar-refractivity contribution in [3.8, 4) is 0 Å². The largest absolute Gasteiger partial charge is 0.387 e. The number of urea groups is 1. The van der Waals surface area contributed by atoms with Gasteiger partial charge in [-0.3, -0.25) is 4.90 Å². The van der Waals surface area contributed by atoms with Gasteiger partial charge in [0.1, 0.15) is 24.4 Å². The molecule has 6 atom stereocenters. The van der Waals surface area contributed by atoms with Crippen molar-refractivity contribution in [2.24, 2.45) is 5.29 Å². The molecule has 0 bridgehead atoms. The van der Waals surface area contributed by atoms with Gasteiger partial charge in [-0.2, -0.15) is 5.01 Å². The molecule has 0 aromatic rings. The molecule has 0 aromatic carbocycles. The lowest BCUT2D eigenvalue weighted by Gasteiger charge is -2.48. The van der Waals surface area contributed by atoms with Crippen molar-refractivity contribution in [3.63, 3.8) is 0 Å². The number of hydrogen-bond acceptors (Lipinski definition) is 9. The van der Waals surface area contributed by atoms with Gasteiger partial charge in [-0.05, 0) is 13.3 Å². The Hall–Kier alpha value is -1.34. The summed E-state index contributed by atoms with van der Waals surface area (Å²) in [6, 6.07) is -1.04. The monoisotopic (exact) mass is 439 g/mol. The second-order valence-corrected chi connectivity index (χ2v) is 7.51. The minimum atomic E-state index is -2.25. The number of hydrogen-bond donors (Lipinski definition) is 5. The number of amides is 2. The summed E-state index contributed by atoms with van der Waals surface area (Å²) in [5.74, 6) is -2.35. The highest BCUT2D eigenvalue weighted by molar-refractivity contribution is 6.18. The molecule has 1 unspecified atom stereocenters. The second kappa shape index (κ2) is 11.2. The van der Waals surface area contributed by atoms with Crippen molar-refractivity contribution in [1.82, 2.24) is 9.91 Å². The highest BCUT2D eigenvalue weighted by atomic mass is 35.5. The third kappa shape index (κ3) is 6.07. The molecule has 0 aromatic heterocycles. The standard InChI is InChI=1S/C17H30ClN3O8/c1-4-5-6-17(27)14(24)12(23)11(22)13(29-17)15(25)20(9-10(2)3)16(26)21(19-28)8-7-18/h11-15,22-25,27H,2,4-9H2,1,3H3/t11-,12-,13-,14+,15?,17-/m0/s1. The quantitative estimate of drug-likeness (QED) is 0.103. The maximum Gasteiger partial charge on any atom is 0.345 e. The average Bonchev–Trinajstić information content (AvgIpc) is 2.69. The summed E-state index contributed by atoms with van der Waals surface area (Å²) in [6.45, 7) is 6.56. The van der Waals surface area contributed by atoms with Crippen LogP contribution in [0.1, 0.15) is 33.1 Å². The Kier molecular flexibility index (Phi) is 9.89. The number of aliphatic hydroxyl groups excluding tert-OH is 4. The zero-order valence-electron chi connectivity index (χ0n) is 16.5. The van der Waals surface area contributed by atoms with Gasteiger partial charge in [0, 0.05) is 18.8 Å². The molecule has 1 fully saturated rings. The number of rotatable bonds is 10. The van der Waals surface area contributed by atoms with Crippen LogP contribution in [0.4, 0.5) is 4.79 Å². The molecule has 0 spiro atoms. The SMILES string of the molecule is C=C(C)CN(C(=O)N(CCCl)N=O)C(O)[C@H]1O[C@@](O)(CCCC)[C@H](O)[C@@H](O)[C@@H]1O. The topological polar surface area (TPSA) is 163 Å². The average molecular weight is 440 g/mol. The van der Waals surface area contributed by atoms with E-state index in [-0.39, 0.29) is 25.4 Å². The van der Waals surface area contributed by atoms with Gasteiger partial charge in [0.05, 0.1) is 11.8 Å². The summed E-state index contributed by atoms with van der Waals surface area (Å²) in [5.41, 5.74) is 0.418. The molecule has 29 heavy (non-hydrogen) atoms. The molecule has 0 aliphatic carbocycles. The number of aliphatic hydroxyl groups is 5. The molecule has 12 heteroatoms. The molecular weight excluding hydrogens is 410 g/mol. The van der Waals surface area contributed by atoms with E-state index in [1.165, 1.54) is 0 Å². The van der Waals surface area contributed by atoms with Gasteiger partial charge in [0.2, 0.25) is 0 Å². The minimum absolute atomic E-state index is 0.0830. The summed E-state index contributed by atoms with van der Waals surface area (Å²) in [5, 5.41) is 55.1. The molecule has 0 saturated carbocycles. The van der Waals surface area contributed by atoms with E-state index in [1.807, 2.05) is 6.92 Å². The molecule has 11 nitrogen and oxygen atoms in total. The van der Waals surface area contributed by atoms with Crippen LogP contribution in [0, 0.1) is 4.91 Å². The van der Waals surface area contributed by atoms with Crippen molar-refractivity contribution in [2.75, 3.05) is 19.0 Å². The lowest BCUT2D eigenvalue weighted by molar-refractivity contribution is -0.364. The van der Waals surface area contributed by atoms with Crippen molar-refractivity contribution in [1.29, 1.82) is 0 Å². The molecule has 0 radical (unpaired) electrons. The molecule has 1 aliphatic heterocycles. The number of nitroso groups, excluding NO2 is 1. The molecule has 1 heterocycles. The first-order valence-corrected chi connectivity index (χ1v) is 9.81. The van der Waals surface area contributed by atoms with E-state index in [1.54, 1.807) is 6.92 Å². The van der Waals surface area contributed by atoms with E-state index in [0.717, 1.165) is 4.90 Å². The first kappa shape index (κ1) is 25.7. The maximum atomic E-state index is 12.7. The third-order valence-electron chi connectivity index (χ3n) is 4.62. The van der Waals surface area contributed by atoms with E-state index < -0.39 is 42.5 Å². The fourth-order valence-electron chi connectivity index (χ4n) is 3.04. The number of ether oxygens (including phenoxy) is 1. The highest BCUT2D eigenvalue weighted by Crippen LogP contribution is 2.34. The van der Waals surface area contributed by atoms with Crippen LogP contribution in [-0.4, -0.2) is 96.9 Å². The summed E-state index contributed by atoms with van der Waals surface area (Å²) < 4.78 is 5.39. The van der Waals surface area contributed by atoms with Gasteiger partial charge in [-0.1, -0.05) is 25.5 Å². The van der Waals surface area contributed by atoms with Gasteiger partial charge in [0.25, 0.3) is 0 Å². The number of carbonyl (C=O) groups is 1. The van der Waals surface area contributed by atoms with Gasteiger partial charge < -0.3 is 30.3 Å². The zero-order valence-corrected chi connectivity index (χ0v) is 17.3. The van der Waals surface area contributed by atoms with Crippen LogP contribution >= 0.6 is 11.6 Å². The Balaban J connectivity index is 3.20. The maximum absolute atomic E-state index is 12.7. The Bertz CT molecular complexity index is 583. The molecule has 1 rings (SSSR count). The van der Waals surface area contributed by atoms with Crippen LogP contribution < -0.4 is 0 Å². The van der Waals surface area contributed by atoms with Gasteiger partial charge in [0.15, 0.2) is 12.0 Å². The fraction of sp³-hybridized carbons (Fsp3) is 0.824. The Morgan fingerprint density at radius 1 is 1.34 bits per heavy atom. The van der Waals surface area contributed by atoms with Gasteiger partial charge >= 0.3 is 6.03 Å². The molecule has 1 saturated heterocycles. The van der Waals surface area contributed by atoms with E-state index in [4.69, 9.17) is 16.3 Å². The predicted octanol–water partition coefficient (Wildman–Crippen LogP) is -0.115. The van der Waals surface area contributed by atoms with Crippen LogP contribution in [0.2, 0.25) is 0 Å². The fourth-order valence-corrected chi connectivity index (χ4v) is 3.20. The number of halogens is 1. The van der Waals surface area contributed by atoms with Crippen molar-refractivity contribution in [3.05, 3.63) is 17.1 Å². The molecule has 2 amide bonds. The number of unbranched alkanes of at least 4 members (excludes halogenated alkanes) is 1. The normalized spacial score (nSPS) is 30.5. The number of nitrogens with zero attached hydrogens (tertiary/aromatic N) is 3. The Morgan fingerprint density at radius 2 is 1.97 bits per heavy atom. The van der Waals surface area contributed by atoms with E-state index in [2.05, 4.69) is 11.9 Å². The number of carbonyl (C=O) groups excluding carboxylic acids is 1. The second-order valence-electron chi connectivity index (χ2n) is 7.13. The van der Waals surface area contributed by atoms with Gasteiger partial charge in [-0.15, -0.1) is 16.5 Å². The molecular formula is C17H30ClN3O8. The smallest absolute Gasteiger partial charge is 0.345 e. The van der Waals surface area contributed by atoms with E-state index >= 15 is 0 Å². The Labute approximate surface area is 174 Å². The Morgan fingerprint density at radius 3 is 2.45 bits per heavy atom. The van der Waals surface area contributed by atoms with Crippen LogP contribution in [0.25, 0.3) is 0 Å². The van der Waals surface area contributed by atoms with Gasteiger partial charge in [-0.25, -0.2) is 4.79 Å².